The molecule has 3 heterocycles. The summed E-state index contributed by atoms with van der Waals surface area (Å²) in [7, 11) is 0. The molecule has 1 unspecified atom stereocenters. The van der Waals surface area contributed by atoms with E-state index in [0.29, 0.717) is 5.56 Å². The van der Waals surface area contributed by atoms with Crippen molar-refractivity contribution in [1.29, 1.82) is 0 Å². The number of β-lactam (4-membered cyclic amide) rings is 1. The second kappa shape index (κ2) is 10.8. The maximum atomic E-state index is 12.4. The van der Waals surface area contributed by atoms with Gasteiger partial charge in [0, 0.05) is 4.75 Å². The first kappa shape index (κ1) is 26.7. The van der Waals surface area contributed by atoms with Crippen molar-refractivity contribution >= 4 is 46.9 Å². The van der Waals surface area contributed by atoms with E-state index in [1.807, 2.05) is 37.3 Å². The van der Waals surface area contributed by atoms with Crippen LogP contribution in [0.4, 0.5) is 0 Å². The van der Waals surface area contributed by atoms with E-state index < -0.39 is 51.9 Å². The van der Waals surface area contributed by atoms with Crippen molar-refractivity contribution in [2.75, 3.05) is 0 Å². The normalized spacial score (nSPS) is 23.7. The summed E-state index contributed by atoms with van der Waals surface area (Å²) in [6.45, 7) is 5.43. The summed E-state index contributed by atoms with van der Waals surface area (Å²) in [4.78, 5) is 48.9. The monoisotopic (exact) mass is 520 g/mol. The highest BCUT2D eigenvalue weighted by Crippen LogP contribution is 2.50. The van der Waals surface area contributed by atoms with Crippen LogP contribution in [0.2, 0.25) is 0 Å². The largest absolute Gasteiger partial charge is 0.480 e. The van der Waals surface area contributed by atoms with Crippen LogP contribution in [0.3, 0.4) is 0 Å². The van der Waals surface area contributed by atoms with Crippen molar-refractivity contribution in [3.8, 4) is 0 Å². The predicted molar refractivity (Wildman–Crippen MR) is 132 cm³/mol. The lowest BCUT2D eigenvalue weighted by atomic mass is 9.95. The Morgan fingerprint density at radius 1 is 1.11 bits per heavy atom. The fourth-order valence-corrected chi connectivity index (χ4v) is 6.45. The second-order valence-electron chi connectivity index (χ2n) is 8.75. The smallest absolute Gasteiger partial charge is 0.327 e. The lowest BCUT2D eigenvalue weighted by molar-refractivity contribution is -0.161. The zero-order valence-corrected chi connectivity index (χ0v) is 21.1. The summed E-state index contributed by atoms with van der Waals surface area (Å²) < 4.78 is -0.703. The molecule has 4 rings (SSSR count). The first-order valence-corrected chi connectivity index (χ1v) is 12.8. The highest BCUT2D eigenvalue weighted by Gasteiger charge is 2.64. The van der Waals surface area contributed by atoms with Crippen LogP contribution in [0.1, 0.15) is 50.3 Å². The number of carboxylic acid groups (broad SMARTS) is 2. The molecule has 0 spiro atoms. The topological polar surface area (TPSA) is 144 Å². The van der Waals surface area contributed by atoms with Crippen LogP contribution in [-0.2, 0) is 19.2 Å². The van der Waals surface area contributed by atoms with E-state index in [1.54, 1.807) is 30.7 Å². The predicted octanol–water partition coefficient (Wildman–Crippen LogP) is 2.68. The van der Waals surface area contributed by atoms with E-state index in [1.165, 1.54) is 28.0 Å². The van der Waals surface area contributed by atoms with Gasteiger partial charge < -0.3 is 25.5 Å². The molecule has 2 amide bonds. The zero-order valence-electron chi connectivity index (χ0n) is 19.5. The van der Waals surface area contributed by atoms with Gasteiger partial charge in [-0.2, -0.15) is 11.3 Å². The minimum absolute atomic E-state index is 0.291. The SMILES string of the molecule is CC1(C)S[C@@H]2[C@H](NC(=O)[C@H](C(=O)O)c3ccsc3)C(=O)N2[C@H]1C(=O)O.CCC(O)c1ccccc1. The third-order valence-electron chi connectivity index (χ3n) is 5.93. The number of nitrogens with zero attached hydrogens (tertiary/aromatic N) is 1. The van der Waals surface area contributed by atoms with Gasteiger partial charge in [-0.05, 0) is 48.2 Å². The van der Waals surface area contributed by atoms with Crippen molar-refractivity contribution in [3.05, 3.63) is 58.3 Å². The number of aliphatic carboxylic acids is 2. The quantitative estimate of drug-likeness (QED) is 0.322. The Hall–Kier alpha value is -2.89. The molecule has 2 saturated heterocycles. The maximum absolute atomic E-state index is 12.4. The van der Waals surface area contributed by atoms with Gasteiger partial charge in [0.1, 0.15) is 17.5 Å². The second-order valence-corrected chi connectivity index (χ2v) is 11.3. The van der Waals surface area contributed by atoms with E-state index in [4.69, 9.17) is 0 Å². The summed E-state index contributed by atoms with van der Waals surface area (Å²) in [5.74, 6) is -5.08. The molecule has 4 N–H and O–H groups in total. The molecule has 5 atom stereocenters. The first-order chi connectivity index (χ1) is 16.5. The Bertz CT molecular complexity index is 1070. The van der Waals surface area contributed by atoms with Gasteiger partial charge in [-0.3, -0.25) is 14.4 Å². The van der Waals surface area contributed by atoms with Gasteiger partial charge in [0.2, 0.25) is 11.8 Å². The van der Waals surface area contributed by atoms with Crippen LogP contribution in [0.15, 0.2) is 47.2 Å². The number of hydrogen-bond acceptors (Lipinski definition) is 7. The summed E-state index contributed by atoms with van der Waals surface area (Å²) in [5.41, 5.74) is 1.35. The van der Waals surface area contributed by atoms with Crippen LogP contribution in [0.25, 0.3) is 0 Å². The number of carbonyl (C=O) groups excluding carboxylic acids is 2. The molecular formula is C24H28N2O7S2. The molecule has 2 aliphatic heterocycles. The maximum Gasteiger partial charge on any atom is 0.327 e. The molecule has 0 bridgehead atoms. The third kappa shape index (κ3) is 5.52. The molecule has 9 nitrogen and oxygen atoms in total. The minimum atomic E-state index is -1.40. The van der Waals surface area contributed by atoms with Gasteiger partial charge in [0.05, 0.1) is 6.10 Å². The third-order valence-corrected chi connectivity index (χ3v) is 8.20. The standard InChI is InChI=1S/C15H16N2O6S2.C9H12O/c1-15(2)9(14(22)23)17-11(19)8(12(17)25-15)16-10(18)7(13(20)21)6-3-4-24-5-6;1-2-9(10)8-6-4-3-5-7-8/h3-5,7-9,12H,1-2H3,(H,16,18)(H,20,21)(H,22,23);3-7,9-10H,2H2,1H3/t7-,8-,9+,12-;/m1./s1. The lowest BCUT2D eigenvalue weighted by Gasteiger charge is -2.43. The molecule has 11 heteroatoms. The summed E-state index contributed by atoms with van der Waals surface area (Å²) in [6.07, 6.45) is 0.491. The minimum Gasteiger partial charge on any atom is -0.480 e. The molecule has 1 aromatic heterocycles. The molecule has 1 aromatic carbocycles. The van der Waals surface area contributed by atoms with Crippen LogP contribution >= 0.6 is 23.1 Å². The number of rotatable bonds is 7. The summed E-state index contributed by atoms with van der Waals surface area (Å²) in [6, 6.07) is 9.36. The van der Waals surface area contributed by atoms with Gasteiger partial charge >= 0.3 is 11.9 Å². The average Bonchev–Trinajstić information content (AvgIpc) is 3.42. The van der Waals surface area contributed by atoms with Gasteiger partial charge in [0.25, 0.3) is 0 Å². The number of benzene rings is 1. The molecular weight excluding hydrogens is 492 g/mol. The zero-order chi connectivity index (χ0) is 25.9. The lowest BCUT2D eigenvalue weighted by Crippen LogP contribution is -2.71. The van der Waals surface area contributed by atoms with E-state index in [0.717, 1.165) is 12.0 Å². The van der Waals surface area contributed by atoms with E-state index in [-0.39, 0.29) is 6.10 Å². The molecule has 0 aliphatic carbocycles. The van der Waals surface area contributed by atoms with Crippen molar-refractivity contribution in [1.82, 2.24) is 10.2 Å². The van der Waals surface area contributed by atoms with Crippen LogP contribution < -0.4 is 5.32 Å². The van der Waals surface area contributed by atoms with Gasteiger partial charge in [-0.25, -0.2) is 4.79 Å². The summed E-state index contributed by atoms with van der Waals surface area (Å²) >= 11 is 2.56. The molecule has 2 aliphatic rings. The number of aliphatic hydroxyl groups is 1. The highest BCUT2D eigenvalue weighted by molar-refractivity contribution is 8.01. The number of aliphatic hydroxyl groups excluding tert-OH is 1. The number of carbonyl (C=O) groups is 4. The van der Waals surface area contributed by atoms with Crippen molar-refractivity contribution < 1.29 is 34.5 Å². The Balaban J connectivity index is 0.000000287. The van der Waals surface area contributed by atoms with E-state index >= 15 is 0 Å². The van der Waals surface area contributed by atoms with Crippen LogP contribution in [-0.4, -0.2) is 66.2 Å². The van der Waals surface area contributed by atoms with Gasteiger partial charge in [-0.15, -0.1) is 11.8 Å². The van der Waals surface area contributed by atoms with E-state index in [2.05, 4.69) is 5.32 Å². The summed E-state index contributed by atoms with van der Waals surface area (Å²) in [5, 5.41) is 33.3. The number of thiophene rings is 1. The highest BCUT2D eigenvalue weighted by atomic mass is 32.2. The fourth-order valence-electron chi connectivity index (χ4n) is 4.14. The Labute approximate surface area is 211 Å². The number of amides is 2. The number of fused-ring (bicyclic) bond motifs is 1. The van der Waals surface area contributed by atoms with Crippen molar-refractivity contribution in [2.24, 2.45) is 0 Å². The number of nitrogens with one attached hydrogen (secondary N) is 1. The first-order valence-electron chi connectivity index (χ1n) is 11.0. The van der Waals surface area contributed by atoms with Crippen molar-refractivity contribution in [2.45, 2.75) is 61.4 Å². The Kier molecular flexibility index (Phi) is 8.24. The van der Waals surface area contributed by atoms with Gasteiger partial charge in [0.15, 0.2) is 5.92 Å². The number of carboxylic acids is 2. The molecule has 2 aromatic rings. The molecule has 188 valence electrons. The molecule has 2 fully saturated rings. The Morgan fingerprint density at radius 3 is 2.29 bits per heavy atom. The number of thioether (sulfide) groups is 1. The fraction of sp³-hybridized carbons (Fsp3) is 0.417. The molecule has 35 heavy (non-hydrogen) atoms. The van der Waals surface area contributed by atoms with Crippen LogP contribution in [0, 0.1) is 0 Å². The van der Waals surface area contributed by atoms with Gasteiger partial charge in [-0.1, -0.05) is 37.3 Å². The molecule has 0 radical (unpaired) electrons. The average molecular weight is 521 g/mol. The Morgan fingerprint density at radius 2 is 1.77 bits per heavy atom. The number of hydrogen-bond donors (Lipinski definition) is 4. The van der Waals surface area contributed by atoms with Crippen molar-refractivity contribution in [3.63, 3.8) is 0 Å². The molecule has 0 saturated carbocycles. The van der Waals surface area contributed by atoms with E-state index in [9.17, 15) is 34.5 Å². The van der Waals surface area contributed by atoms with Crippen LogP contribution in [0.5, 0.6) is 0 Å².